The van der Waals surface area contributed by atoms with Crippen LogP contribution in [-0.4, -0.2) is 48.2 Å². The molecule has 1 aromatic carbocycles. The third-order valence-electron chi connectivity index (χ3n) is 2.59. The molecule has 2 N–H and O–H groups in total. The Kier molecular flexibility index (Phi) is 5.49. The highest BCUT2D eigenvalue weighted by Gasteiger charge is 2.26. The molecule has 0 unspecified atom stereocenters. The molecule has 0 aliphatic carbocycles. The summed E-state index contributed by atoms with van der Waals surface area (Å²) >= 11 is 0. The lowest BCUT2D eigenvalue weighted by Crippen LogP contribution is -2.40. The molecule has 0 bridgehead atoms. The van der Waals surface area contributed by atoms with Gasteiger partial charge in [0.1, 0.15) is 0 Å². The van der Waals surface area contributed by atoms with E-state index in [-0.39, 0.29) is 18.0 Å². The number of nitrogens with zero attached hydrogens (tertiary/aromatic N) is 1. The Morgan fingerprint density at radius 3 is 1.84 bits per heavy atom. The highest BCUT2D eigenvalue weighted by atomic mass is 32.2. The van der Waals surface area contributed by atoms with Crippen molar-refractivity contribution in [1.82, 2.24) is 4.31 Å². The van der Waals surface area contributed by atoms with Gasteiger partial charge >= 0.3 is 0 Å². The van der Waals surface area contributed by atoms with E-state index in [1.165, 1.54) is 26.0 Å². The maximum absolute atomic E-state index is 12.4. The van der Waals surface area contributed by atoms with E-state index in [2.05, 4.69) is 0 Å². The van der Waals surface area contributed by atoms with Crippen molar-refractivity contribution in [3.63, 3.8) is 0 Å². The van der Waals surface area contributed by atoms with Crippen molar-refractivity contribution in [1.29, 1.82) is 0 Å². The molecule has 0 aliphatic rings. The van der Waals surface area contributed by atoms with Crippen LogP contribution in [0, 0.1) is 6.92 Å². The van der Waals surface area contributed by atoms with Crippen LogP contribution >= 0.6 is 0 Å². The van der Waals surface area contributed by atoms with Gasteiger partial charge in [0.25, 0.3) is 0 Å². The minimum atomic E-state index is -3.69. The molecule has 0 saturated heterocycles. The van der Waals surface area contributed by atoms with Gasteiger partial charge in [-0.25, -0.2) is 8.42 Å². The summed E-state index contributed by atoms with van der Waals surface area (Å²) in [5, 5.41) is 18.8. The number of aliphatic hydroxyl groups excluding tert-OH is 2. The van der Waals surface area contributed by atoms with Crippen LogP contribution in [0.1, 0.15) is 19.4 Å². The van der Waals surface area contributed by atoms with Gasteiger partial charge in [0.15, 0.2) is 0 Å². The first-order chi connectivity index (χ1) is 8.73. The van der Waals surface area contributed by atoms with E-state index in [0.29, 0.717) is 0 Å². The Labute approximate surface area is 114 Å². The number of aliphatic hydroxyl groups is 2. The second-order valence-electron chi connectivity index (χ2n) is 4.83. The number of rotatable bonds is 6. The molecule has 0 fully saturated rings. The van der Waals surface area contributed by atoms with Crippen molar-refractivity contribution in [3.05, 3.63) is 29.8 Å². The second-order valence-corrected chi connectivity index (χ2v) is 6.77. The zero-order valence-corrected chi connectivity index (χ0v) is 12.3. The summed E-state index contributed by atoms with van der Waals surface area (Å²) in [6.07, 6.45) is -1.59. The fourth-order valence-electron chi connectivity index (χ4n) is 1.72. The molecule has 0 radical (unpaired) electrons. The molecule has 19 heavy (non-hydrogen) atoms. The van der Waals surface area contributed by atoms with Crippen molar-refractivity contribution >= 4 is 10.0 Å². The topological polar surface area (TPSA) is 77.8 Å². The van der Waals surface area contributed by atoms with Crippen molar-refractivity contribution in [2.24, 2.45) is 0 Å². The third-order valence-corrected chi connectivity index (χ3v) is 4.44. The summed E-state index contributed by atoms with van der Waals surface area (Å²) in [5.41, 5.74) is 0.969. The molecule has 0 spiro atoms. The predicted octanol–water partition coefficient (Wildman–Crippen LogP) is 0.747. The van der Waals surface area contributed by atoms with E-state index >= 15 is 0 Å². The highest BCUT2D eigenvalue weighted by molar-refractivity contribution is 7.89. The van der Waals surface area contributed by atoms with Crippen LogP contribution in [0.5, 0.6) is 0 Å². The Hall–Kier alpha value is -0.950. The van der Waals surface area contributed by atoms with Crippen molar-refractivity contribution in [2.75, 3.05) is 13.1 Å². The molecule has 2 atom stereocenters. The largest absolute Gasteiger partial charge is 0.392 e. The standard InChI is InChI=1S/C13H21NO4S/c1-10-4-6-13(7-5-10)19(17,18)14(8-11(2)15)9-12(3)16/h4-7,11-12,15-16H,8-9H2,1-3H3/t11-,12-/m0/s1. The summed E-state index contributed by atoms with van der Waals surface area (Å²) in [4.78, 5) is 0.166. The van der Waals surface area contributed by atoms with Crippen molar-refractivity contribution < 1.29 is 18.6 Å². The van der Waals surface area contributed by atoms with Gasteiger partial charge in [-0.05, 0) is 32.9 Å². The normalized spacial score (nSPS) is 15.5. The lowest BCUT2D eigenvalue weighted by atomic mass is 10.2. The van der Waals surface area contributed by atoms with E-state index < -0.39 is 22.2 Å². The van der Waals surface area contributed by atoms with E-state index in [9.17, 15) is 18.6 Å². The second kappa shape index (κ2) is 6.47. The number of sulfonamides is 1. The molecule has 5 nitrogen and oxygen atoms in total. The lowest BCUT2D eigenvalue weighted by molar-refractivity contribution is 0.125. The van der Waals surface area contributed by atoms with Gasteiger partial charge in [0, 0.05) is 13.1 Å². The van der Waals surface area contributed by atoms with Crippen LogP contribution in [0.25, 0.3) is 0 Å². The Balaban J connectivity index is 3.07. The lowest BCUT2D eigenvalue weighted by Gasteiger charge is -2.24. The number of aryl methyl sites for hydroxylation is 1. The molecule has 6 heteroatoms. The average Bonchev–Trinajstić information content (AvgIpc) is 2.27. The number of benzene rings is 1. The summed E-state index contributed by atoms with van der Waals surface area (Å²) in [7, 11) is -3.69. The maximum Gasteiger partial charge on any atom is 0.243 e. The maximum atomic E-state index is 12.4. The molecule has 0 amide bonds. The van der Waals surface area contributed by atoms with Gasteiger partial charge in [-0.3, -0.25) is 0 Å². The van der Waals surface area contributed by atoms with E-state index in [1.807, 2.05) is 6.92 Å². The molecule has 0 aromatic heterocycles. The first-order valence-corrected chi connectivity index (χ1v) is 7.60. The minimum absolute atomic E-state index is 0.0406. The van der Waals surface area contributed by atoms with Gasteiger partial charge in [0.05, 0.1) is 17.1 Å². The Morgan fingerprint density at radius 2 is 1.47 bits per heavy atom. The van der Waals surface area contributed by atoms with E-state index in [4.69, 9.17) is 0 Å². The average molecular weight is 287 g/mol. The first kappa shape index (κ1) is 16.1. The number of hydrogen-bond acceptors (Lipinski definition) is 4. The van der Waals surface area contributed by atoms with Gasteiger partial charge in [0.2, 0.25) is 10.0 Å². The van der Waals surface area contributed by atoms with Crippen molar-refractivity contribution in [3.8, 4) is 0 Å². The third kappa shape index (κ3) is 4.58. The smallest absolute Gasteiger partial charge is 0.243 e. The predicted molar refractivity (Wildman–Crippen MR) is 73.3 cm³/mol. The molecule has 0 saturated carbocycles. The van der Waals surface area contributed by atoms with Gasteiger partial charge < -0.3 is 10.2 Å². The summed E-state index contributed by atoms with van der Waals surface area (Å²) in [6, 6.07) is 6.50. The first-order valence-electron chi connectivity index (χ1n) is 6.16. The van der Waals surface area contributed by atoms with E-state index in [0.717, 1.165) is 9.87 Å². The van der Waals surface area contributed by atoms with Gasteiger partial charge in [-0.1, -0.05) is 17.7 Å². The SMILES string of the molecule is Cc1ccc(S(=O)(=O)N(C[C@H](C)O)C[C@H](C)O)cc1. The zero-order valence-electron chi connectivity index (χ0n) is 11.4. The fourth-order valence-corrected chi connectivity index (χ4v) is 3.32. The van der Waals surface area contributed by atoms with Gasteiger partial charge in [-0.15, -0.1) is 0 Å². The van der Waals surface area contributed by atoms with Crippen LogP contribution in [-0.2, 0) is 10.0 Å². The number of hydrogen-bond donors (Lipinski definition) is 2. The summed E-state index contributed by atoms with van der Waals surface area (Å²) in [5.74, 6) is 0. The molecular weight excluding hydrogens is 266 g/mol. The molecule has 1 aromatic rings. The quantitative estimate of drug-likeness (QED) is 0.809. The van der Waals surface area contributed by atoms with E-state index in [1.54, 1.807) is 12.1 Å². The van der Waals surface area contributed by atoms with Gasteiger partial charge in [-0.2, -0.15) is 4.31 Å². The van der Waals surface area contributed by atoms with Crippen LogP contribution < -0.4 is 0 Å². The van der Waals surface area contributed by atoms with Crippen LogP contribution in [0.4, 0.5) is 0 Å². The fraction of sp³-hybridized carbons (Fsp3) is 0.538. The molecule has 0 aliphatic heterocycles. The molecule has 108 valence electrons. The monoisotopic (exact) mass is 287 g/mol. The zero-order chi connectivity index (χ0) is 14.6. The van der Waals surface area contributed by atoms with Crippen LogP contribution in [0.3, 0.4) is 0 Å². The molecule has 1 rings (SSSR count). The van der Waals surface area contributed by atoms with Crippen LogP contribution in [0.15, 0.2) is 29.2 Å². The van der Waals surface area contributed by atoms with Crippen LogP contribution in [0.2, 0.25) is 0 Å². The Bertz CT molecular complexity index is 484. The Morgan fingerprint density at radius 1 is 1.05 bits per heavy atom. The van der Waals surface area contributed by atoms with Crippen molar-refractivity contribution in [2.45, 2.75) is 37.9 Å². The minimum Gasteiger partial charge on any atom is -0.392 e. The molecule has 0 heterocycles. The highest BCUT2D eigenvalue weighted by Crippen LogP contribution is 2.17. The summed E-state index contributed by atoms with van der Waals surface area (Å²) in [6.45, 7) is 4.82. The summed E-state index contributed by atoms with van der Waals surface area (Å²) < 4.78 is 25.9. The molecular formula is C13H21NO4S.